The number of aromatic nitrogens is 2. The summed E-state index contributed by atoms with van der Waals surface area (Å²) in [4.78, 5) is 51.2. The fourth-order valence-corrected chi connectivity index (χ4v) is 4.91. The molecule has 188 valence electrons. The van der Waals surface area contributed by atoms with Crippen LogP contribution >= 0.6 is 0 Å². The second kappa shape index (κ2) is 9.56. The molecule has 36 heavy (non-hydrogen) atoms. The first-order chi connectivity index (χ1) is 17.3. The van der Waals surface area contributed by atoms with Gasteiger partial charge in [0.1, 0.15) is 11.2 Å². The van der Waals surface area contributed by atoms with Crippen molar-refractivity contribution in [2.45, 2.75) is 64.1 Å². The number of carbonyl (C=O) groups excluding carboxylic acids is 1. The molecule has 2 saturated heterocycles. The van der Waals surface area contributed by atoms with Crippen molar-refractivity contribution in [2.24, 2.45) is 5.16 Å². The van der Waals surface area contributed by atoms with E-state index in [4.69, 9.17) is 14.0 Å². The fraction of sp³-hybridized carbons (Fsp3) is 0.400. The summed E-state index contributed by atoms with van der Waals surface area (Å²) >= 11 is 0. The minimum absolute atomic E-state index is 0.0237. The Hall–Kier alpha value is -4.02. The molecule has 2 bridgehead atoms. The van der Waals surface area contributed by atoms with E-state index < -0.39 is 17.0 Å². The van der Waals surface area contributed by atoms with Crippen LogP contribution in [0.2, 0.25) is 0 Å². The predicted octanol–water partition coefficient (Wildman–Crippen LogP) is 3.51. The molecule has 2 unspecified atom stereocenters. The zero-order valence-corrected chi connectivity index (χ0v) is 19.8. The number of hydrogen-bond acceptors (Lipinski definition) is 8. The molecule has 2 aliphatic rings. The van der Waals surface area contributed by atoms with Crippen LogP contribution in [-0.4, -0.2) is 44.9 Å². The Morgan fingerprint density at radius 2 is 2.00 bits per heavy atom. The van der Waals surface area contributed by atoms with Gasteiger partial charge < -0.3 is 18.9 Å². The number of ether oxygens (including phenoxy) is 1. The summed E-state index contributed by atoms with van der Waals surface area (Å²) in [6.45, 7) is 3.63. The zero-order valence-electron chi connectivity index (χ0n) is 19.8. The maximum Gasteiger partial charge on any atom is 0.410 e. The van der Waals surface area contributed by atoms with Gasteiger partial charge in [-0.05, 0) is 56.4 Å². The van der Waals surface area contributed by atoms with Crippen LogP contribution in [-0.2, 0) is 11.2 Å². The van der Waals surface area contributed by atoms with E-state index in [1.54, 1.807) is 17.0 Å². The number of aromatic amines is 1. The number of rotatable bonds is 5. The quantitative estimate of drug-likeness (QED) is 0.536. The van der Waals surface area contributed by atoms with Gasteiger partial charge in [0, 0.05) is 31.0 Å². The number of amides is 1. The molecule has 0 aliphatic carbocycles. The van der Waals surface area contributed by atoms with Crippen molar-refractivity contribution in [3.05, 3.63) is 68.0 Å². The third-order valence-corrected chi connectivity index (χ3v) is 6.33. The van der Waals surface area contributed by atoms with Crippen LogP contribution in [0.25, 0.3) is 11.1 Å². The van der Waals surface area contributed by atoms with E-state index in [0.29, 0.717) is 24.0 Å². The second-order valence-electron chi connectivity index (χ2n) is 9.33. The summed E-state index contributed by atoms with van der Waals surface area (Å²) < 4.78 is 24.1. The zero-order chi connectivity index (χ0) is 25.4. The van der Waals surface area contributed by atoms with Crippen molar-refractivity contribution in [2.75, 3.05) is 0 Å². The van der Waals surface area contributed by atoms with E-state index in [-0.39, 0.29) is 47.8 Å². The standard InChI is InChI=1S/C25H25FN4O6/c1-13(2)34-25(33)30-18-6-7-19(30)12-17(11-18)29-36-24-27-22(32)21-15(10-20(31)35-23(21)28-24)8-14-4-3-5-16(26)9-14/h3-5,9-10,13,18-19H,6-8,11-12H2,1-2H3,(H,27,28,32). The second-order valence-corrected chi connectivity index (χ2v) is 9.33. The molecule has 2 aliphatic heterocycles. The normalized spacial score (nSPS) is 19.1. The van der Waals surface area contributed by atoms with Gasteiger partial charge >= 0.3 is 17.7 Å². The summed E-state index contributed by atoms with van der Waals surface area (Å²) in [7, 11) is 0. The molecule has 2 aromatic heterocycles. The molecule has 0 radical (unpaired) electrons. The number of halogens is 1. The Morgan fingerprint density at radius 3 is 2.69 bits per heavy atom. The average Bonchev–Trinajstić information content (AvgIpc) is 3.07. The van der Waals surface area contributed by atoms with Gasteiger partial charge in [0.25, 0.3) is 5.56 Å². The highest BCUT2D eigenvalue weighted by Gasteiger charge is 2.43. The molecule has 0 saturated carbocycles. The van der Waals surface area contributed by atoms with Crippen molar-refractivity contribution in [1.29, 1.82) is 0 Å². The van der Waals surface area contributed by atoms with Crippen molar-refractivity contribution in [1.82, 2.24) is 14.9 Å². The number of oxime groups is 1. The molecule has 10 nitrogen and oxygen atoms in total. The third-order valence-electron chi connectivity index (χ3n) is 6.33. The van der Waals surface area contributed by atoms with Crippen LogP contribution in [0.1, 0.15) is 50.7 Å². The third kappa shape index (κ3) is 4.86. The van der Waals surface area contributed by atoms with E-state index in [0.717, 1.165) is 18.6 Å². The maximum absolute atomic E-state index is 13.6. The van der Waals surface area contributed by atoms with Gasteiger partial charge in [0.2, 0.25) is 5.71 Å². The van der Waals surface area contributed by atoms with Crippen LogP contribution in [0.3, 0.4) is 0 Å². The first-order valence-corrected chi connectivity index (χ1v) is 11.8. The first kappa shape index (κ1) is 23.7. The van der Waals surface area contributed by atoms with Crippen molar-refractivity contribution in [3.63, 3.8) is 0 Å². The molecule has 2 fully saturated rings. The fourth-order valence-electron chi connectivity index (χ4n) is 4.91. The molecule has 4 heterocycles. The Kier molecular flexibility index (Phi) is 6.29. The number of carbonyl (C=O) groups is 1. The predicted molar refractivity (Wildman–Crippen MR) is 128 cm³/mol. The van der Waals surface area contributed by atoms with Gasteiger partial charge in [0.15, 0.2) is 0 Å². The highest BCUT2D eigenvalue weighted by atomic mass is 19.1. The molecule has 0 spiro atoms. The number of benzene rings is 1. The van der Waals surface area contributed by atoms with Gasteiger partial charge in [-0.1, -0.05) is 17.3 Å². The summed E-state index contributed by atoms with van der Waals surface area (Å²) in [5.74, 6) is -0.419. The highest BCUT2D eigenvalue weighted by molar-refractivity contribution is 5.88. The minimum atomic E-state index is -0.693. The van der Waals surface area contributed by atoms with Crippen LogP contribution in [0, 0.1) is 5.82 Å². The number of nitrogens with zero attached hydrogens (tertiary/aromatic N) is 3. The van der Waals surface area contributed by atoms with Crippen LogP contribution < -0.4 is 16.0 Å². The molecule has 1 amide bonds. The summed E-state index contributed by atoms with van der Waals surface area (Å²) in [6.07, 6.45) is 2.37. The lowest BCUT2D eigenvalue weighted by Crippen LogP contribution is -2.47. The number of hydrogen-bond donors (Lipinski definition) is 1. The first-order valence-electron chi connectivity index (χ1n) is 11.8. The molecule has 3 aromatic rings. The minimum Gasteiger partial charge on any atom is -0.447 e. The van der Waals surface area contributed by atoms with Crippen LogP contribution in [0.5, 0.6) is 6.01 Å². The van der Waals surface area contributed by atoms with Gasteiger partial charge in [-0.3, -0.25) is 9.78 Å². The molecule has 1 aromatic carbocycles. The van der Waals surface area contributed by atoms with Crippen molar-refractivity contribution < 1.29 is 23.2 Å². The van der Waals surface area contributed by atoms with Crippen molar-refractivity contribution in [3.8, 4) is 6.01 Å². The summed E-state index contributed by atoms with van der Waals surface area (Å²) in [6, 6.07) is 6.81. The van der Waals surface area contributed by atoms with Crippen LogP contribution in [0.4, 0.5) is 9.18 Å². The smallest absolute Gasteiger partial charge is 0.410 e. The van der Waals surface area contributed by atoms with E-state index in [1.807, 2.05) is 13.8 Å². The highest BCUT2D eigenvalue weighted by Crippen LogP contribution is 2.35. The molecule has 5 rings (SSSR count). The molecule has 2 atom stereocenters. The molecule has 1 N–H and O–H groups in total. The van der Waals surface area contributed by atoms with E-state index >= 15 is 0 Å². The molecular weight excluding hydrogens is 471 g/mol. The average molecular weight is 496 g/mol. The van der Waals surface area contributed by atoms with Gasteiger partial charge in [-0.25, -0.2) is 14.0 Å². The number of nitrogens with one attached hydrogen (secondary N) is 1. The Morgan fingerprint density at radius 1 is 1.25 bits per heavy atom. The Balaban J connectivity index is 1.36. The molecule has 11 heteroatoms. The lowest BCUT2D eigenvalue weighted by Gasteiger charge is -2.34. The Labute approximate surface area is 204 Å². The number of piperidine rings is 1. The maximum atomic E-state index is 13.6. The molecular formula is C25H25FN4O6. The largest absolute Gasteiger partial charge is 0.447 e. The van der Waals surface area contributed by atoms with E-state index in [1.165, 1.54) is 18.2 Å². The van der Waals surface area contributed by atoms with Gasteiger partial charge in [-0.15, -0.1) is 0 Å². The van der Waals surface area contributed by atoms with Crippen molar-refractivity contribution >= 4 is 22.9 Å². The summed E-state index contributed by atoms with van der Waals surface area (Å²) in [5.41, 5.74) is 0.222. The Bertz CT molecular complexity index is 1450. The summed E-state index contributed by atoms with van der Waals surface area (Å²) in [5, 5.41) is 4.24. The lowest BCUT2D eigenvalue weighted by molar-refractivity contribution is 0.0595. The number of H-pyrrole nitrogens is 1. The van der Waals surface area contributed by atoms with Crippen LogP contribution in [0.15, 0.2) is 49.5 Å². The monoisotopic (exact) mass is 496 g/mol. The number of fused-ring (bicyclic) bond motifs is 3. The van der Waals surface area contributed by atoms with E-state index in [9.17, 15) is 18.8 Å². The topological polar surface area (TPSA) is 127 Å². The van der Waals surface area contributed by atoms with Gasteiger partial charge in [0.05, 0.1) is 11.8 Å². The lowest BCUT2D eigenvalue weighted by atomic mass is 10.0. The SMILES string of the molecule is CC(C)OC(=O)N1C2CCC1CC(=NOc1nc3oc(=O)cc(Cc4cccc(F)c4)c3c(=O)[nH]1)C2. The van der Waals surface area contributed by atoms with Gasteiger partial charge in [-0.2, -0.15) is 4.98 Å². The van der Waals surface area contributed by atoms with E-state index in [2.05, 4.69) is 15.1 Å².